The van der Waals surface area contributed by atoms with E-state index in [9.17, 15) is 9.59 Å². The maximum atomic E-state index is 12.0. The normalized spacial score (nSPS) is 10.0. The second kappa shape index (κ2) is 7.04. The summed E-state index contributed by atoms with van der Waals surface area (Å²) >= 11 is 3.27. The predicted molar refractivity (Wildman–Crippen MR) is 81.7 cm³/mol. The number of carbonyl (C=O) groups is 2. The van der Waals surface area contributed by atoms with Crippen molar-refractivity contribution in [1.29, 1.82) is 0 Å². The molecule has 108 valence electrons. The van der Waals surface area contributed by atoms with Crippen LogP contribution in [-0.4, -0.2) is 25.5 Å². The van der Waals surface area contributed by atoms with Gasteiger partial charge in [-0.15, -0.1) is 0 Å². The molecule has 0 amide bonds. The van der Waals surface area contributed by atoms with E-state index in [4.69, 9.17) is 9.47 Å². The lowest BCUT2D eigenvalue weighted by Crippen LogP contribution is -2.14. The summed E-state index contributed by atoms with van der Waals surface area (Å²) in [6.07, 6.45) is 0. The number of Topliss-reactive ketones (excluding diaryl/α,β-unsaturated/α-hetero) is 1. The molecular formula is C16H13BrO4. The summed E-state index contributed by atoms with van der Waals surface area (Å²) < 4.78 is 10.7. The standard InChI is InChI=1S/C16H13BrO4/c1-20-12-7-8-14(17)13(9-12)16(19)21-10-15(18)11-5-3-2-4-6-11/h2-9H,10H2,1H3. The fraction of sp³-hybridized carbons (Fsp3) is 0.125. The van der Waals surface area contributed by atoms with Gasteiger partial charge >= 0.3 is 5.97 Å². The van der Waals surface area contributed by atoms with E-state index in [2.05, 4.69) is 15.9 Å². The predicted octanol–water partition coefficient (Wildman–Crippen LogP) is 3.50. The Bertz CT molecular complexity index is 653. The van der Waals surface area contributed by atoms with E-state index in [0.29, 0.717) is 21.3 Å². The van der Waals surface area contributed by atoms with Gasteiger partial charge in [0.15, 0.2) is 12.4 Å². The third-order valence-corrected chi connectivity index (χ3v) is 3.52. The highest BCUT2D eigenvalue weighted by Gasteiger charge is 2.15. The highest BCUT2D eigenvalue weighted by molar-refractivity contribution is 9.10. The topological polar surface area (TPSA) is 52.6 Å². The first kappa shape index (κ1) is 15.3. The van der Waals surface area contributed by atoms with Crippen LogP contribution in [-0.2, 0) is 4.74 Å². The second-order valence-electron chi connectivity index (χ2n) is 4.21. The first-order chi connectivity index (χ1) is 10.1. The Kier molecular flexibility index (Phi) is 5.11. The van der Waals surface area contributed by atoms with Crippen molar-refractivity contribution in [3.63, 3.8) is 0 Å². The molecule has 2 aromatic carbocycles. The van der Waals surface area contributed by atoms with E-state index in [0.717, 1.165) is 0 Å². The van der Waals surface area contributed by atoms with Gasteiger partial charge in [0, 0.05) is 10.0 Å². The van der Waals surface area contributed by atoms with Gasteiger partial charge in [-0.05, 0) is 34.1 Å². The Morgan fingerprint density at radius 1 is 1.10 bits per heavy atom. The van der Waals surface area contributed by atoms with Gasteiger partial charge < -0.3 is 9.47 Å². The van der Waals surface area contributed by atoms with Crippen molar-refractivity contribution in [2.45, 2.75) is 0 Å². The summed E-state index contributed by atoms with van der Waals surface area (Å²) in [4.78, 5) is 23.9. The fourth-order valence-corrected chi connectivity index (χ4v) is 2.11. The Morgan fingerprint density at radius 3 is 2.48 bits per heavy atom. The van der Waals surface area contributed by atoms with Gasteiger partial charge in [-0.25, -0.2) is 4.79 Å². The largest absolute Gasteiger partial charge is 0.497 e. The number of methoxy groups -OCH3 is 1. The molecule has 0 aromatic heterocycles. The van der Waals surface area contributed by atoms with Crippen molar-refractivity contribution < 1.29 is 19.1 Å². The Labute approximate surface area is 130 Å². The van der Waals surface area contributed by atoms with Gasteiger partial charge in [0.25, 0.3) is 0 Å². The van der Waals surface area contributed by atoms with Gasteiger partial charge in [0.1, 0.15) is 5.75 Å². The molecule has 0 atom stereocenters. The van der Waals surface area contributed by atoms with E-state index in [1.54, 1.807) is 42.5 Å². The number of ether oxygens (including phenoxy) is 2. The first-order valence-corrected chi connectivity index (χ1v) is 7.00. The molecule has 0 saturated carbocycles. The summed E-state index contributed by atoms with van der Waals surface area (Å²) in [5, 5.41) is 0. The zero-order valence-corrected chi connectivity index (χ0v) is 12.9. The number of ketones is 1. The monoisotopic (exact) mass is 348 g/mol. The van der Waals surface area contributed by atoms with Crippen LogP contribution in [0.3, 0.4) is 0 Å². The number of benzene rings is 2. The van der Waals surface area contributed by atoms with Crippen molar-refractivity contribution in [2.75, 3.05) is 13.7 Å². The number of esters is 1. The summed E-state index contributed by atoms with van der Waals surface area (Å²) in [5.74, 6) is -0.285. The Balaban J connectivity index is 2.04. The van der Waals surface area contributed by atoms with Crippen LogP contribution in [0.25, 0.3) is 0 Å². The maximum absolute atomic E-state index is 12.0. The number of carbonyl (C=O) groups excluding carboxylic acids is 2. The van der Waals surface area contributed by atoms with Gasteiger partial charge in [0.2, 0.25) is 0 Å². The lowest BCUT2D eigenvalue weighted by Gasteiger charge is -2.07. The first-order valence-electron chi connectivity index (χ1n) is 6.20. The number of rotatable bonds is 5. The average Bonchev–Trinajstić information content (AvgIpc) is 2.53. The molecule has 0 heterocycles. The number of hydrogen-bond acceptors (Lipinski definition) is 4. The summed E-state index contributed by atoms with van der Waals surface area (Å²) in [6, 6.07) is 13.6. The number of hydrogen-bond donors (Lipinski definition) is 0. The van der Waals surface area contributed by atoms with E-state index in [-0.39, 0.29) is 12.4 Å². The molecule has 0 saturated heterocycles. The van der Waals surface area contributed by atoms with Crippen LogP contribution in [0.15, 0.2) is 53.0 Å². The van der Waals surface area contributed by atoms with Crippen LogP contribution in [0.2, 0.25) is 0 Å². The van der Waals surface area contributed by atoms with E-state index in [1.807, 2.05) is 6.07 Å². The molecule has 0 aliphatic rings. The van der Waals surface area contributed by atoms with Gasteiger partial charge in [-0.1, -0.05) is 30.3 Å². The van der Waals surface area contributed by atoms with Crippen LogP contribution in [0, 0.1) is 0 Å². The third kappa shape index (κ3) is 3.92. The SMILES string of the molecule is COc1ccc(Br)c(C(=O)OCC(=O)c2ccccc2)c1. The molecule has 0 bridgehead atoms. The van der Waals surface area contributed by atoms with Crippen molar-refractivity contribution in [2.24, 2.45) is 0 Å². The lowest BCUT2D eigenvalue weighted by molar-refractivity contribution is 0.0473. The summed E-state index contributed by atoms with van der Waals surface area (Å²) in [6.45, 7) is -0.299. The molecule has 21 heavy (non-hydrogen) atoms. The zero-order chi connectivity index (χ0) is 15.2. The zero-order valence-electron chi connectivity index (χ0n) is 11.3. The molecule has 2 rings (SSSR count). The average molecular weight is 349 g/mol. The quantitative estimate of drug-likeness (QED) is 0.613. The molecule has 0 spiro atoms. The van der Waals surface area contributed by atoms with E-state index < -0.39 is 5.97 Å². The maximum Gasteiger partial charge on any atom is 0.339 e. The molecule has 0 aliphatic carbocycles. The lowest BCUT2D eigenvalue weighted by atomic mass is 10.1. The molecule has 2 aromatic rings. The number of halogens is 1. The molecule has 0 unspecified atom stereocenters. The van der Waals surface area contributed by atoms with Gasteiger partial charge in [-0.3, -0.25) is 4.79 Å². The second-order valence-corrected chi connectivity index (χ2v) is 5.07. The molecule has 0 aliphatic heterocycles. The minimum Gasteiger partial charge on any atom is -0.497 e. The third-order valence-electron chi connectivity index (χ3n) is 2.82. The van der Waals surface area contributed by atoms with Crippen LogP contribution >= 0.6 is 15.9 Å². The van der Waals surface area contributed by atoms with Crippen LogP contribution in [0.1, 0.15) is 20.7 Å². The molecule has 0 radical (unpaired) electrons. The molecule has 0 fully saturated rings. The smallest absolute Gasteiger partial charge is 0.339 e. The summed E-state index contributed by atoms with van der Waals surface area (Å²) in [7, 11) is 1.51. The van der Waals surface area contributed by atoms with Crippen LogP contribution < -0.4 is 4.74 Å². The minimum absolute atomic E-state index is 0.247. The van der Waals surface area contributed by atoms with Crippen molar-refractivity contribution in [1.82, 2.24) is 0 Å². The highest BCUT2D eigenvalue weighted by atomic mass is 79.9. The minimum atomic E-state index is -0.579. The highest BCUT2D eigenvalue weighted by Crippen LogP contribution is 2.23. The Morgan fingerprint density at radius 2 is 1.81 bits per heavy atom. The summed E-state index contributed by atoms with van der Waals surface area (Å²) in [5.41, 5.74) is 0.824. The molecular weight excluding hydrogens is 336 g/mol. The van der Waals surface area contributed by atoms with Crippen LogP contribution in [0.4, 0.5) is 0 Å². The van der Waals surface area contributed by atoms with Gasteiger partial charge in [0.05, 0.1) is 12.7 Å². The molecule has 0 N–H and O–H groups in total. The van der Waals surface area contributed by atoms with E-state index in [1.165, 1.54) is 7.11 Å². The van der Waals surface area contributed by atoms with Crippen molar-refractivity contribution >= 4 is 27.7 Å². The Hall–Kier alpha value is -2.14. The van der Waals surface area contributed by atoms with Crippen molar-refractivity contribution in [3.8, 4) is 5.75 Å². The van der Waals surface area contributed by atoms with Crippen LogP contribution in [0.5, 0.6) is 5.75 Å². The molecule has 5 heteroatoms. The van der Waals surface area contributed by atoms with Gasteiger partial charge in [-0.2, -0.15) is 0 Å². The fourth-order valence-electron chi connectivity index (χ4n) is 1.70. The van der Waals surface area contributed by atoms with E-state index >= 15 is 0 Å². The van der Waals surface area contributed by atoms with Crippen molar-refractivity contribution in [3.05, 3.63) is 64.1 Å². The molecule has 4 nitrogen and oxygen atoms in total.